The molecule has 26 heavy (non-hydrogen) atoms. The van der Waals surface area contributed by atoms with Crippen LogP contribution in [0.5, 0.6) is 0 Å². The molecule has 2 aromatic rings. The maximum Gasteiger partial charge on any atom is 0.345 e. The van der Waals surface area contributed by atoms with Gasteiger partial charge in [-0.15, -0.1) is 11.3 Å². The van der Waals surface area contributed by atoms with E-state index < -0.39 is 44.1 Å². The monoisotopic (exact) mass is 390 g/mol. The van der Waals surface area contributed by atoms with Crippen molar-refractivity contribution in [2.45, 2.75) is 25.0 Å². The summed E-state index contributed by atoms with van der Waals surface area (Å²) in [4.78, 5) is 14.8. The first-order valence-corrected chi connectivity index (χ1v) is 8.64. The summed E-state index contributed by atoms with van der Waals surface area (Å²) in [5, 5.41) is 9.07. The zero-order chi connectivity index (χ0) is 18.5. The van der Waals surface area contributed by atoms with Crippen molar-refractivity contribution in [2.75, 3.05) is 24.6 Å². The van der Waals surface area contributed by atoms with E-state index in [2.05, 4.69) is 20.3 Å². The van der Waals surface area contributed by atoms with Gasteiger partial charge in [0.25, 0.3) is 11.8 Å². The molecule has 6 nitrogen and oxygen atoms in total. The molecule has 0 radical (unpaired) electrons. The number of alkyl halides is 4. The third-order valence-electron chi connectivity index (χ3n) is 4.32. The fourth-order valence-corrected chi connectivity index (χ4v) is 4.62. The molecule has 0 aliphatic carbocycles. The number of hydrogen-bond acceptors (Lipinski definition) is 5. The largest absolute Gasteiger partial charge is 0.362 e. The van der Waals surface area contributed by atoms with Crippen molar-refractivity contribution in [1.82, 2.24) is 15.5 Å². The van der Waals surface area contributed by atoms with Crippen molar-refractivity contribution < 1.29 is 27.1 Å². The first kappa shape index (κ1) is 17.3. The Labute approximate surface area is 149 Å². The summed E-state index contributed by atoms with van der Waals surface area (Å²) in [6, 6.07) is -0.810. The lowest BCUT2D eigenvalue weighted by Gasteiger charge is -2.35. The number of amides is 1. The Balaban J connectivity index is 1.75. The molecule has 2 aliphatic rings. The van der Waals surface area contributed by atoms with Crippen LogP contribution in [0.3, 0.4) is 0 Å². The van der Waals surface area contributed by atoms with Gasteiger partial charge in [-0.3, -0.25) is 9.89 Å². The average molecular weight is 390 g/mol. The molecule has 2 aromatic heterocycles. The number of anilines is 1. The lowest BCUT2D eigenvalue weighted by Crippen LogP contribution is -2.49. The molecule has 0 aromatic carbocycles. The molecule has 2 aliphatic heterocycles. The number of halogens is 4. The zero-order valence-corrected chi connectivity index (χ0v) is 14.1. The van der Waals surface area contributed by atoms with Gasteiger partial charge in [-0.25, -0.2) is 8.78 Å². The number of ether oxygens (including phenoxy) is 1. The van der Waals surface area contributed by atoms with Crippen LogP contribution in [-0.2, 0) is 11.2 Å². The van der Waals surface area contributed by atoms with Crippen LogP contribution in [0.25, 0.3) is 10.4 Å². The molecule has 1 atom stereocenters. The molecule has 4 rings (SSSR count). The summed E-state index contributed by atoms with van der Waals surface area (Å²) in [6.07, 6.45) is 2.60. The third-order valence-corrected chi connectivity index (χ3v) is 5.59. The molecule has 0 saturated carbocycles. The van der Waals surface area contributed by atoms with E-state index in [0.29, 0.717) is 26.6 Å². The van der Waals surface area contributed by atoms with Gasteiger partial charge in [-0.1, -0.05) is 0 Å². The summed E-state index contributed by atoms with van der Waals surface area (Å²) in [6.45, 7) is -4.05. The smallest absolute Gasteiger partial charge is 0.345 e. The minimum atomic E-state index is -2.99. The molecule has 1 amide bonds. The minimum Gasteiger partial charge on any atom is -0.362 e. The Bertz CT molecular complexity index is 824. The standard InChI is InChI=1S/C15H14F4N4O2S/c16-14(17)25-5-8-4-23-6-15(18,19)1-9-10(23)12(13(24)22-8)26-11(9)7-2-20-21-3-7/h2-3,8,14H,1,4-6H2,(H,20,21)(H,22,24). The number of carbonyl (C=O) groups is 1. The first-order chi connectivity index (χ1) is 12.3. The summed E-state index contributed by atoms with van der Waals surface area (Å²) in [5.74, 6) is -3.47. The van der Waals surface area contributed by atoms with Crippen molar-refractivity contribution in [1.29, 1.82) is 0 Å². The summed E-state index contributed by atoms with van der Waals surface area (Å²) >= 11 is 1.10. The molecule has 0 spiro atoms. The Morgan fingerprint density at radius 3 is 2.92 bits per heavy atom. The van der Waals surface area contributed by atoms with Crippen LogP contribution >= 0.6 is 11.3 Å². The number of rotatable bonds is 4. The van der Waals surface area contributed by atoms with Crippen LogP contribution in [0.2, 0.25) is 0 Å². The predicted octanol–water partition coefficient (Wildman–Crippen LogP) is 2.49. The second kappa shape index (κ2) is 6.23. The van der Waals surface area contributed by atoms with E-state index in [0.717, 1.165) is 11.3 Å². The summed E-state index contributed by atoms with van der Waals surface area (Å²) < 4.78 is 57.5. The highest BCUT2D eigenvalue weighted by Crippen LogP contribution is 2.48. The Morgan fingerprint density at radius 2 is 2.23 bits per heavy atom. The molecule has 140 valence electrons. The number of nitrogens with one attached hydrogen (secondary N) is 2. The maximum atomic E-state index is 14.3. The SMILES string of the molecule is O=C1NC(COC(F)F)CN2CC(F)(F)Cc3c(-c4cn[nH]c4)sc1c32. The highest BCUT2D eigenvalue weighted by atomic mass is 32.1. The van der Waals surface area contributed by atoms with Gasteiger partial charge < -0.3 is 15.0 Å². The Hall–Kier alpha value is -2.14. The second-order valence-corrected chi connectivity index (χ2v) is 7.27. The van der Waals surface area contributed by atoms with E-state index >= 15 is 0 Å². The Morgan fingerprint density at radius 1 is 1.42 bits per heavy atom. The van der Waals surface area contributed by atoms with Gasteiger partial charge in [-0.05, 0) is 0 Å². The van der Waals surface area contributed by atoms with E-state index in [1.807, 2.05) is 0 Å². The topological polar surface area (TPSA) is 70.2 Å². The van der Waals surface area contributed by atoms with E-state index in [1.165, 1.54) is 11.1 Å². The van der Waals surface area contributed by atoms with Crippen LogP contribution < -0.4 is 10.2 Å². The maximum absolute atomic E-state index is 14.3. The molecule has 0 saturated heterocycles. The average Bonchev–Trinajstić information content (AvgIpc) is 3.15. The van der Waals surface area contributed by atoms with Gasteiger partial charge in [0, 0.05) is 35.2 Å². The van der Waals surface area contributed by atoms with Gasteiger partial charge in [0.05, 0.1) is 31.1 Å². The number of nitrogens with zero attached hydrogens (tertiary/aromatic N) is 2. The van der Waals surface area contributed by atoms with Crippen molar-refractivity contribution in [3.63, 3.8) is 0 Å². The van der Waals surface area contributed by atoms with Gasteiger partial charge in [-0.2, -0.15) is 13.9 Å². The summed E-state index contributed by atoms with van der Waals surface area (Å²) in [5.41, 5.74) is 1.46. The lowest BCUT2D eigenvalue weighted by atomic mass is 9.97. The lowest BCUT2D eigenvalue weighted by molar-refractivity contribution is -0.132. The van der Waals surface area contributed by atoms with Crippen molar-refractivity contribution in [3.05, 3.63) is 22.8 Å². The first-order valence-electron chi connectivity index (χ1n) is 7.82. The molecule has 0 fully saturated rings. The molecule has 2 N–H and O–H groups in total. The van der Waals surface area contributed by atoms with Crippen LogP contribution in [0.1, 0.15) is 15.2 Å². The second-order valence-electron chi connectivity index (χ2n) is 6.25. The Kier molecular flexibility index (Phi) is 4.14. The molecular formula is C15H14F4N4O2S. The minimum absolute atomic E-state index is 0.0321. The number of aromatic amines is 1. The van der Waals surface area contributed by atoms with Gasteiger partial charge in [0.1, 0.15) is 4.88 Å². The highest BCUT2D eigenvalue weighted by molar-refractivity contribution is 7.18. The fraction of sp³-hybridized carbons (Fsp3) is 0.467. The highest BCUT2D eigenvalue weighted by Gasteiger charge is 2.45. The number of thiophene rings is 1. The van der Waals surface area contributed by atoms with E-state index in [9.17, 15) is 22.4 Å². The quantitative estimate of drug-likeness (QED) is 0.787. The van der Waals surface area contributed by atoms with Crippen molar-refractivity contribution in [2.24, 2.45) is 0 Å². The van der Waals surface area contributed by atoms with E-state index in [-0.39, 0.29) is 6.54 Å². The third kappa shape index (κ3) is 3.05. The summed E-state index contributed by atoms with van der Waals surface area (Å²) in [7, 11) is 0. The zero-order valence-electron chi connectivity index (χ0n) is 13.3. The molecule has 11 heteroatoms. The number of aromatic nitrogens is 2. The molecular weight excluding hydrogens is 376 g/mol. The van der Waals surface area contributed by atoms with Crippen LogP contribution in [0, 0.1) is 0 Å². The fourth-order valence-electron chi connectivity index (χ4n) is 3.39. The van der Waals surface area contributed by atoms with Crippen molar-refractivity contribution in [3.8, 4) is 10.4 Å². The number of carbonyl (C=O) groups excluding carboxylic acids is 1. The van der Waals surface area contributed by atoms with E-state index in [4.69, 9.17) is 0 Å². The van der Waals surface area contributed by atoms with Crippen LogP contribution in [0.4, 0.5) is 23.2 Å². The van der Waals surface area contributed by atoms with Crippen LogP contribution in [-0.4, -0.2) is 54.4 Å². The number of H-pyrrole nitrogens is 1. The van der Waals surface area contributed by atoms with Crippen molar-refractivity contribution >= 4 is 22.9 Å². The normalized spacial score (nSPS) is 21.5. The van der Waals surface area contributed by atoms with Gasteiger partial charge in [0.2, 0.25) is 0 Å². The number of hydrogen-bond donors (Lipinski definition) is 2. The van der Waals surface area contributed by atoms with Crippen LogP contribution in [0.15, 0.2) is 12.4 Å². The van der Waals surface area contributed by atoms with E-state index in [1.54, 1.807) is 6.20 Å². The van der Waals surface area contributed by atoms with Gasteiger partial charge in [0.15, 0.2) is 0 Å². The predicted molar refractivity (Wildman–Crippen MR) is 86.0 cm³/mol. The molecule has 1 unspecified atom stereocenters. The molecule has 4 heterocycles. The van der Waals surface area contributed by atoms with Gasteiger partial charge >= 0.3 is 6.61 Å². The molecule has 0 bridgehead atoms.